The third-order valence-electron chi connectivity index (χ3n) is 6.68. The number of carbonyl (C=O) groups is 2. The van der Waals surface area contributed by atoms with Gasteiger partial charge in [0.15, 0.2) is 0 Å². The Morgan fingerprint density at radius 3 is 2.36 bits per heavy atom. The third kappa shape index (κ3) is 5.72. The van der Waals surface area contributed by atoms with Crippen LogP contribution in [0.25, 0.3) is 0 Å². The van der Waals surface area contributed by atoms with E-state index in [4.69, 9.17) is 28.2 Å². The number of anilines is 1. The Labute approximate surface area is 235 Å². The van der Waals surface area contributed by atoms with Gasteiger partial charge >= 0.3 is 0 Å². The minimum absolute atomic E-state index is 0.251. The van der Waals surface area contributed by atoms with Crippen molar-refractivity contribution in [2.24, 2.45) is 4.99 Å². The number of para-hydroxylation sites is 1. The monoisotopic (exact) mass is 559 g/mol. The van der Waals surface area contributed by atoms with Gasteiger partial charge in [-0.15, -0.1) is 0 Å². The number of benzodiazepines with no additional fused rings is 1. The maximum Gasteiger partial charge on any atom is 0.272 e. The highest BCUT2D eigenvalue weighted by atomic mass is 35.5. The van der Waals surface area contributed by atoms with E-state index in [0.29, 0.717) is 27.0 Å². The van der Waals surface area contributed by atoms with E-state index < -0.39 is 23.8 Å². The molecule has 5 nitrogen and oxygen atoms in total. The molecule has 39 heavy (non-hydrogen) atoms. The normalized spacial score (nSPS) is 15.7. The van der Waals surface area contributed by atoms with Gasteiger partial charge in [-0.2, -0.15) is 0 Å². The molecule has 4 aromatic rings. The van der Waals surface area contributed by atoms with E-state index in [9.17, 15) is 14.0 Å². The van der Waals surface area contributed by atoms with E-state index in [1.807, 2.05) is 54.6 Å². The summed E-state index contributed by atoms with van der Waals surface area (Å²) in [6.45, 7) is 0. The predicted molar refractivity (Wildman–Crippen MR) is 153 cm³/mol. The summed E-state index contributed by atoms with van der Waals surface area (Å²) in [6.07, 6.45) is -0.928. The summed E-state index contributed by atoms with van der Waals surface area (Å²) >= 11 is 12.3. The summed E-state index contributed by atoms with van der Waals surface area (Å²) in [6, 6.07) is 27.9. The van der Waals surface area contributed by atoms with Crippen LogP contribution < -0.4 is 10.2 Å². The van der Waals surface area contributed by atoms with Crippen molar-refractivity contribution in [3.05, 3.63) is 135 Å². The predicted octanol–water partition coefficient (Wildman–Crippen LogP) is 6.42. The van der Waals surface area contributed by atoms with Gasteiger partial charge in [0.25, 0.3) is 5.91 Å². The first kappa shape index (κ1) is 26.6. The van der Waals surface area contributed by atoms with Crippen LogP contribution in [-0.2, 0) is 16.0 Å². The van der Waals surface area contributed by atoms with Crippen molar-refractivity contribution in [2.45, 2.75) is 18.5 Å². The van der Waals surface area contributed by atoms with Crippen LogP contribution in [-0.4, -0.2) is 30.7 Å². The van der Waals surface area contributed by atoms with Gasteiger partial charge < -0.3 is 10.2 Å². The molecule has 4 aromatic carbocycles. The van der Waals surface area contributed by atoms with E-state index >= 15 is 0 Å². The van der Waals surface area contributed by atoms with Crippen molar-refractivity contribution in [1.29, 1.82) is 0 Å². The van der Waals surface area contributed by atoms with Crippen LogP contribution in [0, 0.1) is 5.82 Å². The second-order valence-electron chi connectivity index (χ2n) is 9.23. The SMILES string of the molecule is CN1C(=O)[C@@H](NC(=O)[C@@H](Cc2ccc(Cl)c(Cl)c2)c2ccc(F)cc2)N=C(c2ccccc2)c2ccccc21. The van der Waals surface area contributed by atoms with E-state index in [2.05, 4.69) is 5.32 Å². The van der Waals surface area contributed by atoms with Crippen molar-refractivity contribution >= 4 is 46.4 Å². The maximum absolute atomic E-state index is 13.8. The fraction of sp³-hybridized carbons (Fsp3) is 0.129. The number of hydrogen-bond donors (Lipinski definition) is 1. The number of likely N-dealkylation sites (N-methyl/N-ethyl adjacent to an activating group) is 1. The zero-order valence-electron chi connectivity index (χ0n) is 20.9. The van der Waals surface area contributed by atoms with E-state index in [1.54, 1.807) is 37.4 Å². The lowest BCUT2D eigenvalue weighted by molar-refractivity contribution is -0.128. The molecule has 0 radical (unpaired) electrons. The highest BCUT2D eigenvalue weighted by molar-refractivity contribution is 6.42. The summed E-state index contributed by atoms with van der Waals surface area (Å²) in [5, 5.41) is 3.63. The number of hydrogen-bond acceptors (Lipinski definition) is 3. The molecule has 0 unspecified atom stereocenters. The highest BCUT2D eigenvalue weighted by Gasteiger charge is 2.33. The van der Waals surface area contributed by atoms with Crippen LogP contribution in [0.1, 0.15) is 28.2 Å². The first-order valence-corrected chi connectivity index (χ1v) is 13.1. The Bertz CT molecular complexity index is 1560. The molecule has 1 heterocycles. The number of aliphatic imine (C=N–C) groups is 1. The van der Waals surface area contributed by atoms with Crippen molar-refractivity contribution in [1.82, 2.24) is 5.32 Å². The molecule has 8 heteroatoms. The van der Waals surface area contributed by atoms with Gasteiger partial charge in [-0.25, -0.2) is 9.38 Å². The molecule has 0 saturated heterocycles. The number of benzene rings is 4. The number of halogens is 3. The van der Waals surface area contributed by atoms with Gasteiger partial charge in [-0.3, -0.25) is 9.59 Å². The molecule has 2 atom stereocenters. The first-order chi connectivity index (χ1) is 18.8. The molecular weight excluding hydrogens is 536 g/mol. The Hall–Kier alpha value is -4.00. The largest absolute Gasteiger partial charge is 0.326 e. The topological polar surface area (TPSA) is 61.8 Å². The number of rotatable bonds is 6. The lowest BCUT2D eigenvalue weighted by Gasteiger charge is -2.23. The van der Waals surface area contributed by atoms with Crippen LogP contribution in [0.2, 0.25) is 10.0 Å². The molecule has 1 aliphatic heterocycles. The average Bonchev–Trinajstić information content (AvgIpc) is 3.05. The summed E-state index contributed by atoms with van der Waals surface area (Å²) < 4.78 is 13.7. The number of fused-ring (bicyclic) bond motifs is 1. The average molecular weight is 560 g/mol. The Balaban J connectivity index is 1.53. The molecule has 0 aliphatic carbocycles. The summed E-state index contributed by atoms with van der Waals surface area (Å²) in [5.41, 5.74) is 4.23. The van der Waals surface area contributed by atoms with Gasteiger partial charge in [0.1, 0.15) is 5.82 Å². The van der Waals surface area contributed by atoms with Crippen molar-refractivity contribution < 1.29 is 14.0 Å². The second kappa shape index (κ2) is 11.4. The van der Waals surface area contributed by atoms with Crippen LogP contribution in [0.4, 0.5) is 10.1 Å². The van der Waals surface area contributed by atoms with Gasteiger partial charge in [0, 0.05) is 18.2 Å². The minimum Gasteiger partial charge on any atom is -0.326 e. The molecule has 1 aliphatic rings. The van der Waals surface area contributed by atoms with Crippen LogP contribution in [0.3, 0.4) is 0 Å². The van der Waals surface area contributed by atoms with Crippen molar-refractivity contribution in [3.63, 3.8) is 0 Å². The Kier molecular flexibility index (Phi) is 7.77. The zero-order chi connectivity index (χ0) is 27.5. The molecule has 0 spiro atoms. The quantitative estimate of drug-likeness (QED) is 0.296. The maximum atomic E-state index is 13.8. The first-order valence-electron chi connectivity index (χ1n) is 12.3. The van der Waals surface area contributed by atoms with Gasteiger partial charge in [0.2, 0.25) is 12.1 Å². The fourth-order valence-electron chi connectivity index (χ4n) is 4.64. The third-order valence-corrected chi connectivity index (χ3v) is 7.42. The number of carbonyl (C=O) groups excluding carboxylic acids is 2. The van der Waals surface area contributed by atoms with E-state index in [0.717, 1.165) is 16.7 Å². The fourth-order valence-corrected chi connectivity index (χ4v) is 4.96. The molecule has 2 amide bonds. The lowest BCUT2D eigenvalue weighted by Crippen LogP contribution is -2.47. The number of nitrogens with one attached hydrogen (secondary N) is 1. The molecule has 0 aromatic heterocycles. The van der Waals surface area contributed by atoms with Gasteiger partial charge in [-0.05, 0) is 47.9 Å². The smallest absolute Gasteiger partial charge is 0.272 e. The summed E-state index contributed by atoms with van der Waals surface area (Å²) in [4.78, 5) is 33.7. The molecule has 0 fully saturated rings. The Morgan fingerprint density at radius 2 is 1.64 bits per heavy atom. The van der Waals surface area contributed by atoms with E-state index in [1.165, 1.54) is 17.0 Å². The van der Waals surface area contributed by atoms with Crippen LogP contribution in [0.5, 0.6) is 0 Å². The minimum atomic E-state index is -1.18. The van der Waals surface area contributed by atoms with Gasteiger partial charge in [-0.1, -0.05) is 89.9 Å². The van der Waals surface area contributed by atoms with E-state index in [-0.39, 0.29) is 12.3 Å². The zero-order valence-corrected chi connectivity index (χ0v) is 22.5. The standard InChI is InChI=1S/C31H24Cl2FN3O2/c1-37-27-10-6-5-9-23(27)28(21-7-3-2-4-8-21)35-29(31(37)39)36-30(38)24(20-12-14-22(34)15-13-20)17-19-11-16-25(32)26(33)18-19/h2-16,18,24,29H,17H2,1H3,(H,36,38)/t24-,29+/m0/s1. The number of amides is 2. The second-order valence-corrected chi connectivity index (χ2v) is 10.0. The molecule has 1 N–H and O–H groups in total. The molecular formula is C31H24Cl2FN3O2. The highest BCUT2D eigenvalue weighted by Crippen LogP contribution is 2.29. The van der Waals surface area contributed by atoms with Crippen LogP contribution >= 0.6 is 23.2 Å². The van der Waals surface area contributed by atoms with Crippen molar-refractivity contribution in [3.8, 4) is 0 Å². The van der Waals surface area contributed by atoms with Crippen LogP contribution in [0.15, 0.2) is 102 Å². The molecule has 196 valence electrons. The number of nitrogens with zero attached hydrogens (tertiary/aromatic N) is 2. The summed E-state index contributed by atoms with van der Waals surface area (Å²) in [5.74, 6) is -1.97. The van der Waals surface area contributed by atoms with Gasteiger partial charge in [0.05, 0.1) is 27.4 Å². The molecule has 0 saturated carbocycles. The van der Waals surface area contributed by atoms with Crippen molar-refractivity contribution in [2.75, 3.05) is 11.9 Å². The lowest BCUT2D eigenvalue weighted by atomic mass is 9.91. The Morgan fingerprint density at radius 1 is 0.949 bits per heavy atom. The molecule has 5 rings (SSSR count). The molecule has 0 bridgehead atoms. The summed E-state index contributed by atoms with van der Waals surface area (Å²) in [7, 11) is 1.66.